The van der Waals surface area contributed by atoms with Crippen molar-refractivity contribution in [1.29, 1.82) is 0 Å². The molecule has 0 saturated carbocycles. The largest absolute Gasteiger partial charge is 0.493 e. The first kappa shape index (κ1) is 31.9. The Morgan fingerprint density at radius 3 is 2.46 bits per heavy atom. The standard InChI is InChI=1S/C28H41N5O7S/c1-7-15-39-22-13-12-19(41(37,38)9-3)16-20(22)26(35)30-23-21(8-2)31-33(24(23)25(29)34)17-18-11-10-14-32(18)27(36)40-28(4,5)6/h12-13,16,18H,7-11,14-15,17H2,1-6H3,(H2,29,34)(H,30,35)/t18-/m0/s1. The van der Waals surface area contributed by atoms with Gasteiger partial charge in [-0.05, 0) is 64.7 Å². The van der Waals surface area contributed by atoms with E-state index in [4.69, 9.17) is 15.2 Å². The fourth-order valence-electron chi connectivity index (χ4n) is 4.62. The van der Waals surface area contributed by atoms with Crippen LogP contribution in [0.25, 0.3) is 0 Å². The number of amides is 3. The smallest absolute Gasteiger partial charge is 0.410 e. The minimum Gasteiger partial charge on any atom is -0.493 e. The number of carbonyl (C=O) groups excluding carboxylic acids is 3. The molecule has 1 aromatic heterocycles. The zero-order valence-electron chi connectivity index (χ0n) is 24.7. The van der Waals surface area contributed by atoms with Crippen molar-refractivity contribution >= 4 is 33.4 Å². The first-order valence-electron chi connectivity index (χ1n) is 13.9. The van der Waals surface area contributed by atoms with Crippen molar-refractivity contribution in [3.05, 3.63) is 35.2 Å². The topological polar surface area (TPSA) is 163 Å². The Kier molecular flexibility index (Phi) is 10.1. The highest BCUT2D eigenvalue weighted by Gasteiger charge is 2.34. The number of likely N-dealkylation sites (tertiary alicyclic amines) is 1. The van der Waals surface area contributed by atoms with Crippen LogP contribution < -0.4 is 15.8 Å². The third-order valence-corrected chi connectivity index (χ3v) is 8.35. The van der Waals surface area contributed by atoms with E-state index in [9.17, 15) is 22.8 Å². The number of aryl methyl sites for hydroxylation is 1. The lowest BCUT2D eigenvalue weighted by molar-refractivity contribution is 0.0211. The molecule has 1 aromatic carbocycles. The Morgan fingerprint density at radius 1 is 1.17 bits per heavy atom. The summed E-state index contributed by atoms with van der Waals surface area (Å²) in [4.78, 5) is 40.7. The monoisotopic (exact) mass is 591 g/mol. The molecule has 1 atom stereocenters. The van der Waals surface area contributed by atoms with Gasteiger partial charge < -0.3 is 25.4 Å². The van der Waals surface area contributed by atoms with Crippen molar-refractivity contribution in [1.82, 2.24) is 14.7 Å². The van der Waals surface area contributed by atoms with Gasteiger partial charge in [0.1, 0.15) is 17.0 Å². The van der Waals surface area contributed by atoms with Gasteiger partial charge in [0.25, 0.3) is 11.8 Å². The molecule has 2 heterocycles. The fourth-order valence-corrected chi connectivity index (χ4v) is 5.53. The zero-order chi connectivity index (χ0) is 30.5. The van der Waals surface area contributed by atoms with Gasteiger partial charge in [0.15, 0.2) is 9.84 Å². The molecular weight excluding hydrogens is 550 g/mol. The second-order valence-corrected chi connectivity index (χ2v) is 13.2. The number of aromatic nitrogens is 2. The number of ether oxygens (including phenoxy) is 2. The molecule has 226 valence electrons. The molecule has 3 amide bonds. The molecule has 0 aliphatic carbocycles. The number of hydrogen-bond acceptors (Lipinski definition) is 8. The maximum absolute atomic E-state index is 13.6. The Bertz CT molecular complexity index is 1400. The number of sulfone groups is 1. The van der Waals surface area contributed by atoms with Gasteiger partial charge in [-0.25, -0.2) is 13.2 Å². The zero-order valence-corrected chi connectivity index (χ0v) is 25.5. The lowest BCUT2D eigenvalue weighted by Gasteiger charge is -2.28. The van der Waals surface area contributed by atoms with Gasteiger partial charge in [-0.2, -0.15) is 5.10 Å². The molecule has 0 radical (unpaired) electrons. The molecule has 1 saturated heterocycles. The van der Waals surface area contributed by atoms with Gasteiger partial charge in [-0.1, -0.05) is 20.8 Å². The molecule has 0 spiro atoms. The summed E-state index contributed by atoms with van der Waals surface area (Å²) in [5, 5.41) is 7.31. The minimum absolute atomic E-state index is 0.00472. The summed E-state index contributed by atoms with van der Waals surface area (Å²) in [7, 11) is -3.60. The molecule has 12 nitrogen and oxygen atoms in total. The summed E-state index contributed by atoms with van der Waals surface area (Å²) in [5.41, 5.74) is 5.67. The molecule has 2 aromatic rings. The van der Waals surface area contributed by atoms with Crippen LogP contribution in [-0.4, -0.2) is 71.6 Å². The normalized spacial score (nSPS) is 15.6. The molecule has 0 unspecified atom stereocenters. The number of hydrogen-bond donors (Lipinski definition) is 2. The van der Waals surface area contributed by atoms with E-state index in [1.165, 1.54) is 29.8 Å². The maximum Gasteiger partial charge on any atom is 0.410 e. The van der Waals surface area contributed by atoms with Crippen LogP contribution in [-0.2, 0) is 27.5 Å². The Morgan fingerprint density at radius 2 is 1.88 bits per heavy atom. The number of primary amides is 1. The number of nitrogens with two attached hydrogens (primary N) is 1. The SMILES string of the molecule is CCCOc1ccc(S(=O)(=O)CC)cc1C(=O)Nc1c(CC)nn(C[C@@H]2CCCN2C(=O)OC(C)(C)C)c1C(N)=O. The van der Waals surface area contributed by atoms with Crippen LogP contribution in [0, 0.1) is 0 Å². The highest BCUT2D eigenvalue weighted by Crippen LogP contribution is 2.29. The lowest BCUT2D eigenvalue weighted by atomic mass is 10.1. The van der Waals surface area contributed by atoms with Crippen LogP contribution in [0.15, 0.2) is 23.1 Å². The third kappa shape index (κ3) is 7.57. The van der Waals surface area contributed by atoms with Crippen molar-refractivity contribution in [2.75, 3.05) is 24.2 Å². The third-order valence-electron chi connectivity index (χ3n) is 6.62. The number of carbonyl (C=O) groups is 3. The minimum atomic E-state index is -3.60. The predicted molar refractivity (Wildman–Crippen MR) is 154 cm³/mol. The average molecular weight is 592 g/mol. The molecular formula is C28H41N5O7S. The molecule has 13 heteroatoms. The van der Waals surface area contributed by atoms with Crippen molar-refractivity contribution in [3.63, 3.8) is 0 Å². The van der Waals surface area contributed by atoms with Gasteiger partial charge in [0.05, 0.1) is 46.8 Å². The summed E-state index contributed by atoms with van der Waals surface area (Å²) >= 11 is 0. The maximum atomic E-state index is 13.6. The molecule has 41 heavy (non-hydrogen) atoms. The average Bonchev–Trinajstić information content (AvgIpc) is 3.50. The highest BCUT2D eigenvalue weighted by atomic mass is 32.2. The van der Waals surface area contributed by atoms with Crippen LogP contribution >= 0.6 is 0 Å². The van der Waals surface area contributed by atoms with Crippen LogP contribution in [0.1, 0.15) is 87.3 Å². The molecule has 1 aliphatic rings. The second-order valence-electron chi connectivity index (χ2n) is 10.9. The van der Waals surface area contributed by atoms with E-state index in [2.05, 4.69) is 10.4 Å². The predicted octanol–water partition coefficient (Wildman–Crippen LogP) is 3.78. The summed E-state index contributed by atoms with van der Waals surface area (Å²) in [6, 6.07) is 3.85. The van der Waals surface area contributed by atoms with E-state index in [0.29, 0.717) is 38.1 Å². The summed E-state index contributed by atoms with van der Waals surface area (Å²) in [6.45, 7) is 11.6. The number of nitrogens with zero attached hydrogens (tertiary/aromatic N) is 3. The van der Waals surface area contributed by atoms with Gasteiger partial charge in [0.2, 0.25) is 0 Å². The molecule has 3 N–H and O–H groups in total. The molecule has 1 aliphatic heterocycles. The Labute approximate surface area is 241 Å². The van der Waals surface area contributed by atoms with Crippen LogP contribution in [0.2, 0.25) is 0 Å². The summed E-state index contributed by atoms with van der Waals surface area (Å²) in [6.07, 6.45) is 2.04. The van der Waals surface area contributed by atoms with Crippen molar-refractivity contribution in [2.24, 2.45) is 5.73 Å². The van der Waals surface area contributed by atoms with Gasteiger partial charge in [0, 0.05) is 6.54 Å². The summed E-state index contributed by atoms with van der Waals surface area (Å²) < 4.78 is 37.8. The number of rotatable bonds is 11. The summed E-state index contributed by atoms with van der Waals surface area (Å²) in [5.74, 6) is -1.40. The first-order valence-corrected chi connectivity index (χ1v) is 15.6. The van der Waals surface area contributed by atoms with E-state index in [-0.39, 0.29) is 45.9 Å². The second kappa shape index (κ2) is 12.9. The Hall–Kier alpha value is -3.61. The van der Waals surface area contributed by atoms with Crippen LogP contribution in [0.3, 0.4) is 0 Å². The number of anilines is 1. The lowest BCUT2D eigenvalue weighted by Crippen LogP contribution is -2.42. The molecule has 3 rings (SSSR count). The van der Waals surface area contributed by atoms with Gasteiger partial charge in [-0.3, -0.25) is 14.3 Å². The first-order chi connectivity index (χ1) is 19.2. The number of benzene rings is 1. The Balaban J connectivity index is 1.99. The van der Waals surface area contributed by atoms with Crippen molar-refractivity contribution in [2.45, 2.75) is 90.3 Å². The van der Waals surface area contributed by atoms with E-state index in [1.54, 1.807) is 25.7 Å². The van der Waals surface area contributed by atoms with Crippen molar-refractivity contribution in [3.8, 4) is 5.75 Å². The van der Waals surface area contributed by atoms with Crippen molar-refractivity contribution < 1.29 is 32.3 Å². The van der Waals surface area contributed by atoms with E-state index in [0.717, 1.165) is 6.42 Å². The quantitative estimate of drug-likeness (QED) is 0.399. The van der Waals surface area contributed by atoms with Gasteiger partial charge in [-0.15, -0.1) is 0 Å². The van der Waals surface area contributed by atoms with Crippen LogP contribution in [0.5, 0.6) is 5.75 Å². The fraction of sp³-hybridized carbons (Fsp3) is 0.571. The molecule has 1 fully saturated rings. The van der Waals surface area contributed by atoms with E-state index >= 15 is 0 Å². The molecule has 0 bridgehead atoms. The highest BCUT2D eigenvalue weighted by molar-refractivity contribution is 7.91. The van der Waals surface area contributed by atoms with Crippen LogP contribution in [0.4, 0.5) is 10.5 Å². The van der Waals surface area contributed by atoms with E-state index < -0.39 is 33.3 Å². The number of nitrogens with one attached hydrogen (secondary N) is 1. The van der Waals surface area contributed by atoms with E-state index in [1.807, 2.05) is 13.8 Å². The van der Waals surface area contributed by atoms with Gasteiger partial charge >= 0.3 is 6.09 Å².